The summed E-state index contributed by atoms with van der Waals surface area (Å²) in [5.74, 6) is -1.21. The average molecular weight is 1200 g/mol. The van der Waals surface area contributed by atoms with Crippen LogP contribution in [0.1, 0.15) is 323 Å². The minimum Gasteiger partial charge on any atom is -0.454 e. The molecule has 1 aliphatic rings. The first-order valence-corrected chi connectivity index (χ1v) is 35.7. The summed E-state index contributed by atoms with van der Waals surface area (Å²) in [6.45, 7) is 5.79. The number of esters is 1. The third-order valence-corrected chi connectivity index (χ3v) is 16.6. The van der Waals surface area contributed by atoms with Gasteiger partial charge in [0.2, 0.25) is 5.91 Å². The number of hydrogen-bond donors (Lipinski definition) is 6. The Morgan fingerprint density at radius 3 is 1.25 bits per heavy atom. The predicted molar refractivity (Wildman–Crippen MR) is 356 cm³/mol. The van der Waals surface area contributed by atoms with Crippen molar-refractivity contribution < 1.29 is 49.3 Å². The first kappa shape index (κ1) is 80.1. The predicted octanol–water partition coefficient (Wildman–Crippen LogP) is 18.3. The Morgan fingerprint density at radius 2 is 0.812 bits per heavy atom. The highest BCUT2D eigenvalue weighted by Gasteiger charge is 2.47. The first-order valence-electron chi connectivity index (χ1n) is 35.7. The van der Waals surface area contributed by atoms with E-state index in [9.17, 15) is 35.1 Å². The molecular formula is C74H133NO10. The fourth-order valence-electron chi connectivity index (χ4n) is 10.9. The Bertz CT molecular complexity index is 1660. The molecule has 0 bridgehead atoms. The highest BCUT2D eigenvalue weighted by Crippen LogP contribution is 2.26. The van der Waals surface area contributed by atoms with Crippen molar-refractivity contribution in [3.05, 3.63) is 72.9 Å². The third-order valence-electron chi connectivity index (χ3n) is 16.6. The number of aliphatic hydroxyl groups is 5. The van der Waals surface area contributed by atoms with Crippen LogP contribution in [-0.2, 0) is 23.8 Å². The van der Waals surface area contributed by atoms with Crippen LogP contribution in [0.15, 0.2) is 72.9 Å². The van der Waals surface area contributed by atoms with Gasteiger partial charge in [0.05, 0.1) is 25.4 Å². The number of carbonyl (C=O) groups excluding carboxylic acids is 2. The van der Waals surface area contributed by atoms with Gasteiger partial charge in [0.15, 0.2) is 12.4 Å². The average Bonchev–Trinajstić information content (AvgIpc) is 2.48. The third kappa shape index (κ3) is 48.7. The van der Waals surface area contributed by atoms with E-state index in [2.05, 4.69) is 86.8 Å². The Balaban J connectivity index is 2.62. The van der Waals surface area contributed by atoms with Gasteiger partial charge in [-0.3, -0.25) is 9.59 Å². The lowest BCUT2D eigenvalue weighted by atomic mass is 9.99. The van der Waals surface area contributed by atoms with Crippen LogP contribution < -0.4 is 5.32 Å². The number of carbonyl (C=O) groups is 2. The molecule has 0 saturated carbocycles. The summed E-state index contributed by atoms with van der Waals surface area (Å²) in [4.78, 5) is 26.7. The molecule has 0 aromatic rings. The summed E-state index contributed by atoms with van der Waals surface area (Å²) in [5, 5.41) is 57.3. The largest absolute Gasteiger partial charge is 0.454 e. The van der Waals surface area contributed by atoms with Crippen molar-refractivity contribution in [2.75, 3.05) is 13.2 Å². The summed E-state index contributed by atoms with van der Waals surface area (Å²) >= 11 is 0. The van der Waals surface area contributed by atoms with Gasteiger partial charge in [-0.05, 0) is 96.3 Å². The minimum absolute atomic E-state index is 0.101. The summed E-state index contributed by atoms with van der Waals surface area (Å²) in [6.07, 6.45) is 69.3. The van der Waals surface area contributed by atoms with Gasteiger partial charge in [-0.1, -0.05) is 293 Å². The summed E-state index contributed by atoms with van der Waals surface area (Å²) < 4.78 is 17.7. The Labute approximate surface area is 521 Å². The number of unbranched alkanes of at least 4 members (excludes halogenated alkanes) is 37. The van der Waals surface area contributed by atoms with Crippen LogP contribution in [0.2, 0.25) is 0 Å². The molecule has 8 unspecified atom stereocenters. The molecule has 0 aliphatic carbocycles. The normalized spacial score (nSPS) is 18.8. The fourth-order valence-corrected chi connectivity index (χ4v) is 10.9. The molecular weight excluding hydrogens is 1060 g/mol. The molecule has 0 aromatic heterocycles. The van der Waals surface area contributed by atoms with Crippen molar-refractivity contribution in [1.29, 1.82) is 0 Å². The molecule has 0 aromatic carbocycles. The monoisotopic (exact) mass is 1200 g/mol. The number of nitrogens with one attached hydrogen (secondary N) is 1. The molecule has 1 fully saturated rings. The maximum atomic E-state index is 13.5. The molecule has 0 spiro atoms. The molecule has 85 heavy (non-hydrogen) atoms. The zero-order valence-corrected chi connectivity index (χ0v) is 55.0. The number of aliphatic hydroxyl groups excluding tert-OH is 5. The minimum atomic E-state index is -1.62. The lowest BCUT2D eigenvalue weighted by molar-refractivity contribution is -0.305. The van der Waals surface area contributed by atoms with E-state index >= 15 is 0 Å². The summed E-state index contributed by atoms with van der Waals surface area (Å²) in [7, 11) is 0. The van der Waals surface area contributed by atoms with Crippen molar-refractivity contribution in [3.8, 4) is 0 Å². The standard InChI is InChI=1S/C74H133NO10/c1-4-7-10-13-16-19-22-25-27-29-31-33-35-36-38-40-43-46-49-52-55-58-61-67(78)73(82)75-65(66(77)60-57-54-51-48-45-42-24-21-18-15-12-9-6-3)64-83-74-72(71(81)70(80)68(63-76)84-74)85-69(79)62-59-56-53-50-47-44-41-39-37-34-32-30-28-26-23-20-17-14-11-8-5-2/h17,20,25-28,32,34,39,41,57,60,65-68,70-72,74,76-78,80-81H,4-16,18-19,21-24,29-31,33,35-38,40,42-56,58-59,61-64H2,1-3H3,(H,75,82)/b20-17-,27-25+,28-26-,34-32-,41-39-,60-57+. The topological polar surface area (TPSA) is 175 Å². The van der Waals surface area contributed by atoms with E-state index in [0.29, 0.717) is 12.8 Å². The molecule has 1 saturated heterocycles. The molecule has 1 amide bonds. The van der Waals surface area contributed by atoms with E-state index < -0.39 is 67.4 Å². The first-order chi connectivity index (χ1) is 41.7. The van der Waals surface area contributed by atoms with Gasteiger partial charge in [-0.25, -0.2) is 0 Å². The van der Waals surface area contributed by atoms with Crippen LogP contribution in [0, 0.1) is 0 Å². The van der Waals surface area contributed by atoms with Gasteiger partial charge >= 0.3 is 5.97 Å². The zero-order chi connectivity index (χ0) is 61.7. The SMILES string of the molecule is CCCCC/C=C\C/C=C\C/C=C\C/C=C\CCCCCCCC(=O)OC1C(OCC(NC(=O)C(O)CCCCCCCCCCCCCC/C=C/CCCCCCCC)C(O)/C=C/CCCCCCCCCCCCC)OC(CO)C(O)C1O. The molecule has 11 heteroatoms. The second kappa shape index (κ2) is 61.3. The number of hydrogen-bond acceptors (Lipinski definition) is 10. The smallest absolute Gasteiger partial charge is 0.306 e. The van der Waals surface area contributed by atoms with E-state index in [-0.39, 0.29) is 19.4 Å². The summed E-state index contributed by atoms with van der Waals surface area (Å²) in [6, 6.07) is -1.03. The van der Waals surface area contributed by atoms with E-state index in [4.69, 9.17) is 14.2 Å². The maximum absolute atomic E-state index is 13.5. The second-order valence-electron chi connectivity index (χ2n) is 24.6. The highest BCUT2D eigenvalue weighted by molar-refractivity contribution is 5.80. The molecule has 1 rings (SSSR count). The molecule has 0 radical (unpaired) electrons. The van der Waals surface area contributed by atoms with Crippen LogP contribution in [0.3, 0.4) is 0 Å². The Hall–Kier alpha value is -2.90. The molecule has 1 heterocycles. The van der Waals surface area contributed by atoms with Gasteiger partial charge in [0.25, 0.3) is 0 Å². The highest BCUT2D eigenvalue weighted by atomic mass is 16.7. The Kier molecular flexibility index (Phi) is 57.8. The van der Waals surface area contributed by atoms with Crippen molar-refractivity contribution in [3.63, 3.8) is 0 Å². The maximum Gasteiger partial charge on any atom is 0.306 e. The van der Waals surface area contributed by atoms with E-state index in [1.807, 2.05) is 6.08 Å². The lowest BCUT2D eigenvalue weighted by Crippen LogP contribution is -2.61. The second-order valence-corrected chi connectivity index (χ2v) is 24.6. The van der Waals surface area contributed by atoms with Crippen LogP contribution in [-0.4, -0.2) is 99.6 Å². The zero-order valence-electron chi connectivity index (χ0n) is 55.0. The van der Waals surface area contributed by atoms with E-state index in [1.165, 1.54) is 186 Å². The Morgan fingerprint density at radius 1 is 0.459 bits per heavy atom. The summed E-state index contributed by atoms with van der Waals surface area (Å²) in [5.41, 5.74) is 0. The van der Waals surface area contributed by atoms with Gasteiger partial charge in [0.1, 0.15) is 24.4 Å². The molecule has 8 atom stereocenters. The number of ether oxygens (including phenoxy) is 3. The van der Waals surface area contributed by atoms with Crippen LogP contribution in [0.5, 0.6) is 0 Å². The van der Waals surface area contributed by atoms with Gasteiger partial charge in [0, 0.05) is 6.42 Å². The van der Waals surface area contributed by atoms with Crippen molar-refractivity contribution in [1.82, 2.24) is 5.32 Å². The van der Waals surface area contributed by atoms with Crippen molar-refractivity contribution in [2.24, 2.45) is 0 Å². The van der Waals surface area contributed by atoms with Crippen molar-refractivity contribution >= 4 is 11.9 Å². The lowest BCUT2D eigenvalue weighted by Gasteiger charge is -2.41. The number of rotatable bonds is 61. The van der Waals surface area contributed by atoms with Gasteiger partial charge < -0.3 is 45.1 Å². The number of allylic oxidation sites excluding steroid dienone is 11. The fraction of sp³-hybridized carbons (Fsp3) is 0.811. The molecule has 1 aliphatic heterocycles. The molecule has 6 N–H and O–H groups in total. The van der Waals surface area contributed by atoms with Gasteiger partial charge in [-0.2, -0.15) is 0 Å². The van der Waals surface area contributed by atoms with Crippen LogP contribution in [0.4, 0.5) is 0 Å². The number of amides is 1. The van der Waals surface area contributed by atoms with Gasteiger partial charge in [-0.15, -0.1) is 0 Å². The van der Waals surface area contributed by atoms with E-state index in [1.54, 1.807) is 6.08 Å². The van der Waals surface area contributed by atoms with Crippen LogP contribution in [0.25, 0.3) is 0 Å². The van der Waals surface area contributed by atoms with Crippen LogP contribution >= 0.6 is 0 Å². The van der Waals surface area contributed by atoms with E-state index in [0.717, 1.165) is 89.9 Å². The molecule has 494 valence electrons. The molecule has 11 nitrogen and oxygen atoms in total. The quantitative estimate of drug-likeness (QED) is 0.0195. The van der Waals surface area contributed by atoms with Crippen molar-refractivity contribution in [2.45, 2.75) is 372 Å².